The Labute approximate surface area is 89.8 Å². The summed E-state index contributed by atoms with van der Waals surface area (Å²) in [5.74, 6) is 2.20. The molecule has 0 atom stereocenters. The van der Waals surface area contributed by atoms with E-state index in [1.54, 1.807) is 0 Å². The first-order valence-electron chi connectivity index (χ1n) is 5.17. The van der Waals surface area contributed by atoms with Gasteiger partial charge in [0.05, 0.1) is 5.69 Å². The van der Waals surface area contributed by atoms with Gasteiger partial charge in [-0.05, 0) is 19.1 Å². The zero-order valence-electron chi connectivity index (χ0n) is 9.31. The van der Waals surface area contributed by atoms with Gasteiger partial charge >= 0.3 is 0 Å². The van der Waals surface area contributed by atoms with Crippen LogP contribution in [-0.2, 0) is 0 Å². The fraction of sp³-hybridized carbons (Fsp3) is 0.333. The third kappa shape index (κ3) is 1.91. The fourth-order valence-electron chi connectivity index (χ4n) is 1.47. The van der Waals surface area contributed by atoms with E-state index in [1.165, 1.54) is 0 Å². The van der Waals surface area contributed by atoms with Crippen LogP contribution >= 0.6 is 0 Å². The van der Waals surface area contributed by atoms with E-state index >= 15 is 0 Å². The minimum absolute atomic E-state index is 0.369. The predicted molar refractivity (Wildman–Crippen MR) is 60.2 cm³/mol. The average molecular weight is 201 g/mol. The fourth-order valence-corrected chi connectivity index (χ4v) is 1.47. The lowest BCUT2D eigenvalue weighted by molar-refractivity contribution is 0.751. The van der Waals surface area contributed by atoms with Crippen LogP contribution in [0.2, 0.25) is 0 Å². The van der Waals surface area contributed by atoms with Gasteiger partial charge in [0.25, 0.3) is 0 Å². The second-order valence-corrected chi connectivity index (χ2v) is 3.92. The molecule has 78 valence electrons. The van der Waals surface area contributed by atoms with Crippen molar-refractivity contribution < 1.29 is 0 Å². The summed E-state index contributed by atoms with van der Waals surface area (Å²) in [5, 5.41) is 4.49. The van der Waals surface area contributed by atoms with Crippen molar-refractivity contribution in [3.05, 3.63) is 42.0 Å². The van der Waals surface area contributed by atoms with Crippen LogP contribution in [0, 0.1) is 6.92 Å². The molecule has 0 amide bonds. The molecule has 0 saturated carbocycles. The first-order chi connectivity index (χ1) is 7.18. The Bertz CT molecular complexity index is 443. The minimum atomic E-state index is 0.369. The molecule has 15 heavy (non-hydrogen) atoms. The molecule has 3 heteroatoms. The first-order valence-corrected chi connectivity index (χ1v) is 5.17. The van der Waals surface area contributed by atoms with Crippen LogP contribution in [0.3, 0.4) is 0 Å². The summed E-state index contributed by atoms with van der Waals surface area (Å²) in [5.41, 5.74) is 1.06. The number of rotatable bonds is 2. The summed E-state index contributed by atoms with van der Waals surface area (Å²) in [6, 6.07) is 10.1. The normalized spacial score (nSPS) is 10.9. The molecule has 3 nitrogen and oxygen atoms in total. The Balaban J connectivity index is 2.45. The SMILES string of the molecule is Cc1nc(C(C)C)nn1-c1ccccc1. The molecule has 1 heterocycles. The van der Waals surface area contributed by atoms with Crippen molar-refractivity contribution in [2.75, 3.05) is 0 Å². The van der Waals surface area contributed by atoms with Crippen molar-refractivity contribution >= 4 is 0 Å². The van der Waals surface area contributed by atoms with Gasteiger partial charge in [0, 0.05) is 5.92 Å². The lowest BCUT2D eigenvalue weighted by Gasteiger charge is -2.01. The maximum Gasteiger partial charge on any atom is 0.153 e. The lowest BCUT2D eigenvalue weighted by Crippen LogP contribution is -1.99. The molecule has 0 saturated heterocycles. The largest absolute Gasteiger partial charge is 0.218 e. The van der Waals surface area contributed by atoms with Gasteiger partial charge in [-0.25, -0.2) is 9.67 Å². The maximum absolute atomic E-state index is 4.49. The van der Waals surface area contributed by atoms with E-state index < -0.39 is 0 Å². The molecule has 0 spiro atoms. The monoisotopic (exact) mass is 201 g/mol. The summed E-state index contributed by atoms with van der Waals surface area (Å²) in [4.78, 5) is 4.44. The molecule has 0 unspecified atom stereocenters. The molecule has 2 rings (SSSR count). The first kappa shape index (κ1) is 9.90. The Morgan fingerprint density at radius 1 is 1.13 bits per heavy atom. The number of aryl methyl sites for hydroxylation is 1. The molecule has 1 aromatic heterocycles. The predicted octanol–water partition coefficient (Wildman–Crippen LogP) is 2.70. The highest BCUT2D eigenvalue weighted by Crippen LogP contribution is 2.13. The Hall–Kier alpha value is -1.64. The molecular weight excluding hydrogens is 186 g/mol. The molecule has 1 aromatic carbocycles. The lowest BCUT2D eigenvalue weighted by atomic mass is 10.2. The molecule has 0 aliphatic rings. The van der Waals surface area contributed by atoms with E-state index in [9.17, 15) is 0 Å². The van der Waals surface area contributed by atoms with Gasteiger partial charge in [-0.1, -0.05) is 32.0 Å². The topological polar surface area (TPSA) is 30.7 Å². The Morgan fingerprint density at radius 3 is 2.33 bits per heavy atom. The second-order valence-electron chi connectivity index (χ2n) is 3.92. The highest BCUT2D eigenvalue weighted by molar-refractivity contribution is 5.31. The number of hydrogen-bond acceptors (Lipinski definition) is 2. The summed E-state index contributed by atoms with van der Waals surface area (Å²) < 4.78 is 1.88. The Morgan fingerprint density at radius 2 is 1.80 bits per heavy atom. The van der Waals surface area contributed by atoms with Gasteiger partial charge in [0.2, 0.25) is 0 Å². The van der Waals surface area contributed by atoms with Crippen LogP contribution < -0.4 is 0 Å². The third-order valence-electron chi connectivity index (χ3n) is 2.30. The van der Waals surface area contributed by atoms with Crippen LogP contribution in [0.1, 0.15) is 31.4 Å². The Kier molecular flexibility index (Phi) is 2.54. The molecule has 0 radical (unpaired) electrons. The summed E-state index contributed by atoms with van der Waals surface area (Å²) in [7, 11) is 0. The highest BCUT2D eigenvalue weighted by Gasteiger charge is 2.09. The minimum Gasteiger partial charge on any atom is -0.218 e. The van der Waals surface area contributed by atoms with Crippen molar-refractivity contribution in [2.24, 2.45) is 0 Å². The molecule has 0 aliphatic heterocycles. The van der Waals surface area contributed by atoms with Gasteiger partial charge in [0.15, 0.2) is 5.82 Å². The molecule has 2 aromatic rings. The average Bonchev–Trinajstić information content (AvgIpc) is 2.62. The number of aromatic nitrogens is 3. The van der Waals surface area contributed by atoms with Gasteiger partial charge in [-0.15, -0.1) is 0 Å². The molecule has 0 N–H and O–H groups in total. The van der Waals surface area contributed by atoms with Gasteiger partial charge in [0.1, 0.15) is 5.82 Å². The van der Waals surface area contributed by atoms with Crippen LogP contribution in [0.5, 0.6) is 0 Å². The van der Waals surface area contributed by atoms with E-state index in [-0.39, 0.29) is 0 Å². The smallest absolute Gasteiger partial charge is 0.153 e. The number of hydrogen-bond donors (Lipinski definition) is 0. The molecule has 0 aliphatic carbocycles. The van der Waals surface area contributed by atoms with E-state index in [1.807, 2.05) is 41.9 Å². The van der Waals surface area contributed by atoms with Crippen LogP contribution in [0.15, 0.2) is 30.3 Å². The van der Waals surface area contributed by atoms with Crippen molar-refractivity contribution in [3.63, 3.8) is 0 Å². The van der Waals surface area contributed by atoms with E-state index in [2.05, 4.69) is 23.9 Å². The molecule has 0 fully saturated rings. The maximum atomic E-state index is 4.49. The standard InChI is InChI=1S/C12H15N3/c1-9(2)12-13-10(3)15(14-12)11-7-5-4-6-8-11/h4-9H,1-3H3. The summed E-state index contributed by atoms with van der Waals surface area (Å²) in [6.45, 7) is 6.18. The zero-order chi connectivity index (χ0) is 10.8. The van der Waals surface area contributed by atoms with Gasteiger partial charge in [-0.3, -0.25) is 0 Å². The van der Waals surface area contributed by atoms with Crippen LogP contribution in [-0.4, -0.2) is 14.8 Å². The highest BCUT2D eigenvalue weighted by atomic mass is 15.3. The summed E-state index contributed by atoms with van der Waals surface area (Å²) >= 11 is 0. The van der Waals surface area contributed by atoms with Crippen molar-refractivity contribution in [3.8, 4) is 5.69 Å². The van der Waals surface area contributed by atoms with Gasteiger partial charge < -0.3 is 0 Å². The summed E-state index contributed by atoms with van der Waals surface area (Å²) in [6.07, 6.45) is 0. The van der Waals surface area contributed by atoms with E-state index in [0.717, 1.165) is 17.3 Å². The molecular formula is C12H15N3. The third-order valence-corrected chi connectivity index (χ3v) is 2.30. The van der Waals surface area contributed by atoms with Crippen LogP contribution in [0.4, 0.5) is 0 Å². The quantitative estimate of drug-likeness (QED) is 0.748. The molecule has 0 bridgehead atoms. The number of para-hydroxylation sites is 1. The van der Waals surface area contributed by atoms with Crippen molar-refractivity contribution in [1.29, 1.82) is 0 Å². The van der Waals surface area contributed by atoms with E-state index in [0.29, 0.717) is 5.92 Å². The van der Waals surface area contributed by atoms with Crippen molar-refractivity contribution in [1.82, 2.24) is 14.8 Å². The zero-order valence-corrected chi connectivity index (χ0v) is 9.31. The second kappa shape index (κ2) is 3.85. The van der Waals surface area contributed by atoms with Gasteiger partial charge in [-0.2, -0.15) is 5.10 Å². The number of nitrogens with zero attached hydrogens (tertiary/aromatic N) is 3. The van der Waals surface area contributed by atoms with Crippen molar-refractivity contribution in [2.45, 2.75) is 26.7 Å². The number of benzene rings is 1. The van der Waals surface area contributed by atoms with Crippen LogP contribution in [0.25, 0.3) is 5.69 Å². The van der Waals surface area contributed by atoms with E-state index in [4.69, 9.17) is 0 Å².